The molecule has 3 rings (SSSR count). The molecule has 5 nitrogen and oxygen atoms in total. The molecule has 0 bridgehead atoms. The molecule has 2 aliphatic rings. The molecule has 2 fully saturated rings. The van der Waals surface area contributed by atoms with E-state index in [1.165, 1.54) is 4.90 Å². The standard InChI is InChI=1S/C15H19N3O2/c16-12-5-3-11(4-6-12)7-10-18-13(19)15(17-14(18)20)8-1-2-9-15/h3-6H,1-2,7-10,16H2,(H,17,20). The van der Waals surface area contributed by atoms with Gasteiger partial charge in [-0.3, -0.25) is 9.69 Å². The summed E-state index contributed by atoms with van der Waals surface area (Å²) in [4.78, 5) is 25.8. The Balaban J connectivity index is 1.67. The molecule has 1 heterocycles. The van der Waals surface area contributed by atoms with Crippen LogP contribution in [0, 0.1) is 0 Å². The molecule has 1 aromatic carbocycles. The largest absolute Gasteiger partial charge is 0.399 e. The molecule has 1 spiro atoms. The van der Waals surface area contributed by atoms with Crippen LogP contribution >= 0.6 is 0 Å². The number of anilines is 1. The summed E-state index contributed by atoms with van der Waals surface area (Å²) in [6.45, 7) is 0.427. The van der Waals surface area contributed by atoms with Gasteiger partial charge in [-0.2, -0.15) is 0 Å². The van der Waals surface area contributed by atoms with Crippen LogP contribution in [0.15, 0.2) is 24.3 Å². The number of urea groups is 1. The summed E-state index contributed by atoms with van der Waals surface area (Å²) in [6.07, 6.45) is 4.23. The van der Waals surface area contributed by atoms with Crippen LogP contribution in [0.4, 0.5) is 10.5 Å². The number of amides is 3. The smallest absolute Gasteiger partial charge is 0.325 e. The fourth-order valence-electron chi connectivity index (χ4n) is 3.12. The maximum Gasteiger partial charge on any atom is 0.325 e. The number of nitrogens with zero attached hydrogens (tertiary/aromatic N) is 1. The molecule has 20 heavy (non-hydrogen) atoms. The van der Waals surface area contributed by atoms with Gasteiger partial charge < -0.3 is 11.1 Å². The minimum atomic E-state index is -0.599. The molecule has 106 valence electrons. The van der Waals surface area contributed by atoms with Gasteiger partial charge in [-0.1, -0.05) is 25.0 Å². The van der Waals surface area contributed by atoms with Gasteiger partial charge in [-0.05, 0) is 37.0 Å². The number of carbonyl (C=O) groups excluding carboxylic acids is 2. The van der Waals surface area contributed by atoms with Crippen LogP contribution in [0.25, 0.3) is 0 Å². The summed E-state index contributed by atoms with van der Waals surface area (Å²) in [5.74, 6) is -0.0459. The zero-order valence-electron chi connectivity index (χ0n) is 11.4. The highest BCUT2D eigenvalue weighted by Gasteiger charge is 2.51. The van der Waals surface area contributed by atoms with E-state index in [0.29, 0.717) is 18.7 Å². The van der Waals surface area contributed by atoms with Crippen LogP contribution < -0.4 is 11.1 Å². The van der Waals surface area contributed by atoms with Crippen molar-refractivity contribution in [3.63, 3.8) is 0 Å². The summed E-state index contributed by atoms with van der Waals surface area (Å²) in [5.41, 5.74) is 6.83. The van der Waals surface area contributed by atoms with E-state index in [4.69, 9.17) is 5.73 Å². The molecule has 1 aliphatic heterocycles. The van der Waals surface area contributed by atoms with Crippen molar-refractivity contribution in [1.29, 1.82) is 0 Å². The Kier molecular flexibility index (Phi) is 3.12. The number of benzene rings is 1. The molecule has 1 aliphatic carbocycles. The van der Waals surface area contributed by atoms with Gasteiger partial charge in [-0.15, -0.1) is 0 Å². The van der Waals surface area contributed by atoms with E-state index >= 15 is 0 Å². The fourth-order valence-corrected chi connectivity index (χ4v) is 3.12. The Labute approximate surface area is 118 Å². The third kappa shape index (κ3) is 2.13. The van der Waals surface area contributed by atoms with Crippen LogP contribution in [0.1, 0.15) is 31.2 Å². The Morgan fingerprint density at radius 3 is 2.45 bits per heavy atom. The normalized spacial score (nSPS) is 20.7. The molecule has 0 aromatic heterocycles. The molecule has 1 saturated carbocycles. The highest BCUT2D eigenvalue weighted by Crippen LogP contribution is 2.35. The Hall–Kier alpha value is -2.04. The molecule has 3 N–H and O–H groups in total. The fraction of sp³-hybridized carbons (Fsp3) is 0.467. The predicted molar refractivity (Wildman–Crippen MR) is 76.0 cm³/mol. The summed E-state index contributed by atoms with van der Waals surface area (Å²) in [6, 6.07) is 7.28. The second-order valence-electron chi connectivity index (χ2n) is 5.67. The van der Waals surface area contributed by atoms with Crippen LogP contribution in [0.5, 0.6) is 0 Å². The monoisotopic (exact) mass is 273 g/mol. The third-order valence-electron chi connectivity index (χ3n) is 4.31. The SMILES string of the molecule is Nc1ccc(CCN2C(=O)NC3(CCCC3)C2=O)cc1. The van der Waals surface area contributed by atoms with E-state index in [9.17, 15) is 9.59 Å². The molecule has 5 heteroatoms. The summed E-state index contributed by atoms with van der Waals surface area (Å²) >= 11 is 0. The highest BCUT2D eigenvalue weighted by atomic mass is 16.2. The van der Waals surface area contributed by atoms with Gasteiger partial charge in [0, 0.05) is 12.2 Å². The van der Waals surface area contributed by atoms with Gasteiger partial charge in [0.1, 0.15) is 5.54 Å². The number of nitrogens with two attached hydrogens (primary N) is 1. The van der Waals surface area contributed by atoms with Crippen molar-refractivity contribution in [2.24, 2.45) is 0 Å². The van der Waals surface area contributed by atoms with E-state index in [1.54, 1.807) is 0 Å². The van der Waals surface area contributed by atoms with E-state index in [2.05, 4.69) is 5.32 Å². The maximum absolute atomic E-state index is 12.4. The first-order valence-electron chi connectivity index (χ1n) is 7.09. The minimum absolute atomic E-state index is 0.0459. The number of hydrogen-bond donors (Lipinski definition) is 2. The second kappa shape index (κ2) is 4.81. The van der Waals surface area contributed by atoms with E-state index in [-0.39, 0.29) is 11.9 Å². The highest BCUT2D eigenvalue weighted by molar-refractivity contribution is 6.07. The molecule has 3 amide bonds. The molecular weight excluding hydrogens is 254 g/mol. The van der Waals surface area contributed by atoms with Gasteiger partial charge in [-0.25, -0.2) is 4.79 Å². The number of nitrogens with one attached hydrogen (secondary N) is 1. The average Bonchev–Trinajstić information content (AvgIpc) is 2.98. The van der Waals surface area contributed by atoms with E-state index in [0.717, 1.165) is 31.2 Å². The van der Waals surface area contributed by atoms with Crippen LogP contribution in [0.3, 0.4) is 0 Å². The van der Waals surface area contributed by atoms with Crippen LogP contribution in [0.2, 0.25) is 0 Å². The van der Waals surface area contributed by atoms with Crippen molar-refractivity contribution in [2.75, 3.05) is 12.3 Å². The number of nitrogen functional groups attached to an aromatic ring is 1. The predicted octanol–water partition coefficient (Wildman–Crippen LogP) is 1.68. The zero-order valence-corrected chi connectivity index (χ0v) is 11.4. The number of hydrogen-bond acceptors (Lipinski definition) is 3. The first-order chi connectivity index (χ1) is 9.61. The first-order valence-corrected chi connectivity index (χ1v) is 7.09. The Morgan fingerprint density at radius 2 is 1.80 bits per heavy atom. The zero-order chi connectivity index (χ0) is 14.2. The lowest BCUT2D eigenvalue weighted by Crippen LogP contribution is -2.44. The van der Waals surface area contributed by atoms with Crippen molar-refractivity contribution in [3.8, 4) is 0 Å². The van der Waals surface area contributed by atoms with Gasteiger partial charge in [0.15, 0.2) is 0 Å². The quantitative estimate of drug-likeness (QED) is 0.650. The molecule has 0 radical (unpaired) electrons. The van der Waals surface area contributed by atoms with Gasteiger partial charge in [0.25, 0.3) is 5.91 Å². The van der Waals surface area contributed by atoms with E-state index in [1.807, 2.05) is 24.3 Å². The number of rotatable bonds is 3. The number of carbonyl (C=O) groups is 2. The third-order valence-corrected chi connectivity index (χ3v) is 4.31. The van der Waals surface area contributed by atoms with Crippen molar-refractivity contribution in [1.82, 2.24) is 10.2 Å². The topological polar surface area (TPSA) is 75.4 Å². The lowest BCUT2D eigenvalue weighted by molar-refractivity contribution is -0.131. The second-order valence-corrected chi connectivity index (χ2v) is 5.67. The Morgan fingerprint density at radius 1 is 1.15 bits per heavy atom. The molecule has 1 aromatic rings. The lowest BCUT2D eigenvalue weighted by atomic mass is 9.98. The minimum Gasteiger partial charge on any atom is -0.399 e. The van der Waals surface area contributed by atoms with Crippen molar-refractivity contribution in [3.05, 3.63) is 29.8 Å². The molecule has 0 atom stereocenters. The van der Waals surface area contributed by atoms with Crippen molar-refractivity contribution < 1.29 is 9.59 Å². The Bertz CT molecular complexity index is 533. The van der Waals surface area contributed by atoms with Crippen molar-refractivity contribution >= 4 is 17.6 Å². The molecule has 0 unspecified atom stereocenters. The van der Waals surface area contributed by atoms with Crippen molar-refractivity contribution in [2.45, 2.75) is 37.6 Å². The lowest BCUT2D eigenvalue weighted by Gasteiger charge is -2.20. The van der Waals surface area contributed by atoms with E-state index < -0.39 is 5.54 Å². The van der Waals surface area contributed by atoms with Crippen LogP contribution in [-0.4, -0.2) is 28.9 Å². The van der Waals surface area contributed by atoms with Crippen LogP contribution in [-0.2, 0) is 11.2 Å². The van der Waals surface area contributed by atoms with Gasteiger partial charge >= 0.3 is 6.03 Å². The number of imide groups is 1. The average molecular weight is 273 g/mol. The first kappa shape index (κ1) is 13.0. The van der Waals surface area contributed by atoms with Gasteiger partial charge in [0.05, 0.1) is 0 Å². The maximum atomic E-state index is 12.4. The van der Waals surface area contributed by atoms with Gasteiger partial charge in [0.2, 0.25) is 0 Å². The summed E-state index contributed by atoms with van der Waals surface area (Å²) in [7, 11) is 0. The molecule has 1 saturated heterocycles. The summed E-state index contributed by atoms with van der Waals surface area (Å²) in [5, 5.41) is 2.89. The summed E-state index contributed by atoms with van der Waals surface area (Å²) < 4.78 is 0. The molecular formula is C15H19N3O2.